The molecule has 2 N–H and O–H groups in total. The van der Waals surface area contributed by atoms with Crippen LogP contribution in [0.1, 0.15) is 18.2 Å². The minimum absolute atomic E-state index is 0.0455. The van der Waals surface area contributed by atoms with Crippen LogP contribution in [0.4, 0.5) is 8.78 Å². The van der Waals surface area contributed by atoms with Crippen LogP contribution in [0, 0.1) is 0 Å². The van der Waals surface area contributed by atoms with Crippen molar-refractivity contribution in [3.63, 3.8) is 0 Å². The minimum Gasteiger partial charge on any atom is -0.490 e. The Bertz CT molecular complexity index is 547. The molecule has 7 heteroatoms. The third-order valence-corrected chi connectivity index (χ3v) is 2.72. The van der Waals surface area contributed by atoms with Crippen LogP contribution in [0.15, 0.2) is 30.7 Å². The molecule has 1 aromatic heterocycles. The quantitative estimate of drug-likeness (QED) is 0.786. The lowest BCUT2D eigenvalue weighted by Crippen LogP contribution is -2.13. The smallest absolute Gasteiger partial charge is 0.387 e. The first kappa shape index (κ1) is 15.2. The highest BCUT2D eigenvalue weighted by Crippen LogP contribution is 2.29. The molecule has 2 aromatic rings. The van der Waals surface area contributed by atoms with Crippen LogP contribution in [-0.2, 0) is 13.1 Å². The lowest BCUT2D eigenvalue weighted by atomic mass is 10.2. The lowest BCUT2D eigenvalue weighted by Gasteiger charge is -2.13. The molecule has 0 aliphatic carbocycles. The van der Waals surface area contributed by atoms with Gasteiger partial charge in [-0.25, -0.2) is 4.98 Å². The SMILES string of the molecule is CCOc1cc(CNCc2cnc[nH]2)ccc1OC(F)F. The largest absolute Gasteiger partial charge is 0.490 e. The fourth-order valence-corrected chi connectivity index (χ4v) is 1.85. The molecule has 0 atom stereocenters. The van der Waals surface area contributed by atoms with E-state index >= 15 is 0 Å². The maximum absolute atomic E-state index is 12.3. The molecular weight excluding hydrogens is 280 g/mol. The lowest BCUT2D eigenvalue weighted by molar-refractivity contribution is -0.0514. The molecule has 0 saturated carbocycles. The van der Waals surface area contributed by atoms with E-state index in [1.54, 1.807) is 31.6 Å². The number of ether oxygens (including phenoxy) is 2. The summed E-state index contributed by atoms with van der Waals surface area (Å²) in [5.41, 5.74) is 1.89. The van der Waals surface area contributed by atoms with Crippen molar-refractivity contribution in [1.82, 2.24) is 15.3 Å². The highest BCUT2D eigenvalue weighted by Gasteiger charge is 2.11. The number of nitrogens with zero attached hydrogens (tertiary/aromatic N) is 1. The molecule has 2 rings (SSSR count). The Morgan fingerprint density at radius 1 is 1.29 bits per heavy atom. The van der Waals surface area contributed by atoms with Crippen molar-refractivity contribution in [3.8, 4) is 11.5 Å². The summed E-state index contributed by atoms with van der Waals surface area (Å²) >= 11 is 0. The second-order valence-corrected chi connectivity index (χ2v) is 4.27. The van der Waals surface area contributed by atoms with Gasteiger partial charge in [0.25, 0.3) is 0 Å². The number of hydrogen-bond acceptors (Lipinski definition) is 4. The summed E-state index contributed by atoms with van der Waals surface area (Å²) in [6.07, 6.45) is 3.35. The number of aromatic amines is 1. The van der Waals surface area contributed by atoms with Crippen molar-refractivity contribution < 1.29 is 18.3 Å². The predicted molar refractivity (Wildman–Crippen MR) is 73.4 cm³/mol. The maximum Gasteiger partial charge on any atom is 0.387 e. The molecule has 0 spiro atoms. The van der Waals surface area contributed by atoms with Gasteiger partial charge >= 0.3 is 6.61 Å². The van der Waals surface area contributed by atoms with Crippen LogP contribution in [0.2, 0.25) is 0 Å². The van der Waals surface area contributed by atoms with E-state index in [2.05, 4.69) is 20.0 Å². The van der Waals surface area contributed by atoms with Crippen molar-refractivity contribution in [2.75, 3.05) is 6.61 Å². The molecule has 0 saturated heterocycles. The van der Waals surface area contributed by atoms with E-state index in [1.807, 2.05) is 0 Å². The van der Waals surface area contributed by atoms with Gasteiger partial charge in [0.2, 0.25) is 0 Å². The number of rotatable bonds is 8. The van der Waals surface area contributed by atoms with Gasteiger partial charge in [-0.15, -0.1) is 0 Å². The Kier molecular flexibility index (Phi) is 5.51. The van der Waals surface area contributed by atoms with E-state index in [0.717, 1.165) is 11.3 Å². The molecule has 0 bridgehead atoms. The Morgan fingerprint density at radius 3 is 2.81 bits per heavy atom. The molecule has 0 unspecified atom stereocenters. The Labute approximate surface area is 121 Å². The van der Waals surface area contributed by atoms with Gasteiger partial charge in [-0.2, -0.15) is 8.78 Å². The monoisotopic (exact) mass is 297 g/mol. The van der Waals surface area contributed by atoms with Crippen molar-refractivity contribution >= 4 is 0 Å². The van der Waals surface area contributed by atoms with Gasteiger partial charge in [0.05, 0.1) is 12.9 Å². The average Bonchev–Trinajstić information content (AvgIpc) is 2.94. The van der Waals surface area contributed by atoms with Crippen LogP contribution >= 0.6 is 0 Å². The fourth-order valence-electron chi connectivity index (χ4n) is 1.85. The summed E-state index contributed by atoms with van der Waals surface area (Å²) in [5, 5.41) is 3.22. The predicted octanol–water partition coefficient (Wildman–Crippen LogP) is 2.70. The van der Waals surface area contributed by atoms with Crippen molar-refractivity contribution in [2.45, 2.75) is 26.6 Å². The van der Waals surface area contributed by atoms with E-state index in [9.17, 15) is 8.78 Å². The number of imidazole rings is 1. The number of alkyl halides is 2. The molecule has 0 fully saturated rings. The summed E-state index contributed by atoms with van der Waals surface area (Å²) in [4.78, 5) is 6.91. The van der Waals surface area contributed by atoms with Crippen molar-refractivity contribution in [2.24, 2.45) is 0 Å². The second-order valence-electron chi connectivity index (χ2n) is 4.27. The molecular formula is C14H17F2N3O2. The zero-order valence-corrected chi connectivity index (χ0v) is 11.6. The normalized spacial score (nSPS) is 10.9. The summed E-state index contributed by atoms with van der Waals surface area (Å²) in [5.74, 6) is 0.364. The number of aromatic nitrogens is 2. The van der Waals surface area contributed by atoms with Crippen LogP contribution in [0.25, 0.3) is 0 Å². The molecule has 0 radical (unpaired) electrons. The first-order chi connectivity index (χ1) is 10.2. The molecule has 1 aromatic carbocycles. The van der Waals surface area contributed by atoms with Crippen LogP contribution in [0.3, 0.4) is 0 Å². The van der Waals surface area contributed by atoms with Gasteiger partial charge in [0.1, 0.15) is 0 Å². The summed E-state index contributed by atoms with van der Waals surface area (Å²) in [6.45, 7) is 0.515. The summed E-state index contributed by atoms with van der Waals surface area (Å²) < 4.78 is 34.4. The molecule has 0 aliphatic rings. The molecule has 114 valence electrons. The third kappa shape index (κ3) is 4.71. The van der Waals surface area contributed by atoms with E-state index in [1.165, 1.54) is 6.07 Å². The summed E-state index contributed by atoms with van der Waals surface area (Å²) in [6, 6.07) is 4.91. The maximum atomic E-state index is 12.3. The first-order valence-corrected chi connectivity index (χ1v) is 6.57. The minimum atomic E-state index is -2.87. The number of nitrogens with one attached hydrogen (secondary N) is 2. The van der Waals surface area contributed by atoms with Gasteiger partial charge in [0.15, 0.2) is 11.5 Å². The van der Waals surface area contributed by atoms with Gasteiger partial charge in [0, 0.05) is 25.0 Å². The van der Waals surface area contributed by atoms with Crippen molar-refractivity contribution in [3.05, 3.63) is 42.0 Å². The second kappa shape index (κ2) is 7.58. The number of H-pyrrole nitrogens is 1. The fraction of sp³-hybridized carbons (Fsp3) is 0.357. The van der Waals surface area contributed by atoms with E-state index in [-0.39, 0.29) is 5.75 Å². The van der Waals surface area contributed by atoms with Crippen LogP contribution < -0.4 is 14.8 Å². The van der Waals surface area contributed by atoms with Gasteiger partial charge < -0.3 is 19.8 Å². The van der Waals surface area contributed by atoms with E-state index in [0.29, 0.717) is 25.4 Å². The number of hydrogen-bond donors (Lipinski definition) is 2. The molecule has 21 heavy (non-hydrogen) atoms. The highest BCUT2D eigenvalue weighted by atomic mass is 19.3. The van der Waals surface area contributed by atoms with Gasteiger partial charge in [-0.1, -0.05) is 6.07 Å². The molecule has 1 heterocycles. The Morgan fingerprint density at radius 2 is 2.14 bits per heavy atom. The van der Waals surface area contributed by atoms with Crippen LogP contribution in [-0.4, -0.2) is 23.2 Å². The van der Waals surface area contributed by atoms with Crippen molar-refractivity contribution in [1.29, 1.82) is 0 Å². The van der Waals surface area contributed by atoms with E-state index < -0.39 is 6.61 Å². The number of halogens is 2. The Balaban J connectivity index is 1.97. The summed E-state index contributed by atoms with van der Waals surface area (Å²) in [7, 11) is 0. The number of benzene rings is 1. The van der Waals surface area contributed by atoms with Crippen LogP contribution in [0.5, 0.6) is 11.5 Å². The standard InChI is InChI=1S/C14H17F2N3O2/c1-2-20-13-5-10(3-4-12(13)21-14(15)16)6-17-7-11-8-18-9-19-11/h3-5,8-9,14,17H,2,6-7H2,1H3,(H,18,19). The molecule has 0 aliphatic heterocycles. The van der Waals surface area contributed by atoms with E-state index in [4.69, 9.17) is 4.74 Å². The first-order valence-electron chi connectivity index (χ1n) is 6.57. The molecule has 5 nitrogen and oxygen atoms in total. The zero-order valence-electron chi connectivity index (χ0n) is 11.6. The topological polar surface area (TPSA) is 59.2 Å². The zero-order chi connectivity index (χ0) is 15.1. The highest BCUT2D eigenvalue weighted by molar-refractivity contribution is 5.43. The third-order valence-electron chi connectivity index (χ3n) is 2.72. The molecule has 0 amide bonds. The van der Waals surface area contributed by atoms with Gasteiger partial charge in [-0.3, -0.25) is 0 Å². The van der Waals surface area contributed by atoms with Gasteiger partial charge in [-0.05, 0) is 24.6 Å². The Hall–Kier alpha value is -2.15. The average molecular weight is 297 g/mol.